The molecule has 0 unspecified atom stereocenters. The third-order valence-electron chi connectivity index (χ3n) is 4.64. The van der Waals surface area contributed by atoms with E-state index in [1.807, 2.05) is 80.2 Å². The molecule has 0 saturated heterocycles. The SMILES string of the molecule is CNC(=O)[C@@H](NC(=O)c1nn(-c2ccccc2)c(-n2cccc2)c1C)C(C)C. The Balaban J connectivity index is 2.05. The van der Waals surface area contributed by atoms with E-state index in [4.69, 9.17) is 0 Å². The molecule has 0 spiro atoms. The van der Waals surface area contributed by atoms with Crippen molar-refractivity contribution in [3.05, 3.63) is 66.1 Å². The zero-order chi connectivity index (χ0) is 20.3. The Hall–Kier alpha value is -3.35. The minimum absolute atomic E-state index is 0.0515. The lowest BCUT2D eigenvalue weighted by Gasteiger charge is -2.20. The molecule has 3 rings (SSSR count). The van der Waals surface area contributed by atoms with Gasteiger partial charge in [-0.2, -0.15) is 5.10 Å². The second-order valence-electron chi connectivity index (χ2n) is 6.94. The first-order valence-corrected chi connectivity index (χ1v) is 9.25. The van der Waals surface area contributed by atoms with E-state index >= 15 is 0 Å². The molecule has 146 valence electrons. The van der Waals surface area contributed by atoms with E-state index in [-0.39, 0.29) is 17.7 Å². The molecule has 7 heteroatoms. The zero-order valence-corrected chi connectivity index (χ0v) is 16.5. The Morgan fingerprint density at radius 3 is 2.25 bits per heavy atom. The number of nitrogens with zero attached hydrogens (tertiary/aromatic N) is 3. The molecule has 0 aliphatic heterocycles. The van der Waals surface area contributed by atoms with Crippen LogP contribution in [0, 0.1) is 12.8 Å². The van der Waals surface area contributed by atoms with Gasteiger partial charge in [-0.1, -0.05) is 32.0 Å². The highest BCUT2D eigenvalue weighted by Crippen LogP contribution is 2.22. The Morgan fingerprint density at radius 1 is 1.04 bits per heavy atom. The Labute approximate surface area is 164 Å². The lowest BCUT2D eigenvalue weighted by molar-refractivity contribution is -0.123. The van der Waals surface area contributed by atoms with Gasteiger partial charge < -0.3 is 15.2 Å². The molecular formula is C21H25N5O2. The van der Waals surface area contributed by atoms with Crippen molar-refractivity contribution in [3.8, 4) is 11.5 Å². The standard InChI is InChI=1S/C21H25N5O2/c1-14(2)17(19(27)22-4)23-20(28)18-15(3)21(25-12-8-9-13-25)26(24-18)16-10-6-5-7-11-16/h5-14,17H,1-4H3,(H,22,27)(H,23,28)/t17-/m0/s1. The van der Waals surface area contributed by atoms with Gasteiger partial charge in [0.15, 0.2) is 5.69 Å². The summed E-state index contributed by atoms with van der Waals surface area (Å²) >= 11 is 0. The molecule has 1 atom stereocenters. The van der Waals surface area contributed by atoms with E-state index in [2.05, 4.69) is 15.7 Å². The molecule has 0 bridgehead atoms. The Bertz CT molecular complexity index is 958. The van der Waals surface area contributed by atoms with E-state index in [9.17, 15) is 9.59 Å². The number of likely N-dealkylation sites (N-methyl/N-ethyl adjacent to an activating group) is 1. The van der Waals surface area contributed by atoms with E-state index in [1.54, 1.807) is 11.7 Å². The number of amides is 2. The van der Waals surface area contributed by atoms with Gasteiger partial charge in [-0.05, 0) is 37.1 Å². The average molecular weight is 379 g/mol. The molecule has 1 aromatic carbocycles. The van der Waals surface area contributed by atoms with Gasteiger partial charge in [0, 0.05) is 25.0 Å². The maximum Gasteiger partial charge on any atom is 0.272 e. The highest BCUT2D eigenvalue weighted by atomic mass is 16.2. The van der Waals surface area contributed by atoms with Crippen LogP contribution < -0.4 is 10.6 Å². The highest BCUT2D eigenvalue weighted by molar-refractivity contribution is 5.97. The van der Waals surface area contributed by atoms with Gasteiger partial charge in [0.2, 0.25) is 5.91 Å². The van der Waals surface area contributed by atoms with Crippen LogP contribution in [0.25, 0.3) is 11.5 Å². The lowest BCUT2D eigenvalue weighted by Crippen LogP contribution is -2.49. The second kappa shape index (κ2) is 8.12. The minimum Gasteiger partial charge on any atom is -0.357 e. The zero-order valence-electron chi connectivity index (χ0n) is 16.5. The maximum atomic E-state index is 13.0. The lowest BCUT2D eigenvalue weighted by atomic mass is 10.0. The van der Waals surface area contributed by atoms with Crippen LogP contribution in [0.3, 0.4) is 0 Å². The summed E-state index contributed by atoms with van der Waals surface area (Å²) in [6.07, 6.45) is 3.82. The summed E-state index contributed by atoms with van der Waals surface area (Å²) in [5, 5.41) is 10.0. The van der Waals surface area contributed by atoms with Gasteiger partial charge >= 0.3 is 0 Å². The van der Waals surface area contributed by atoms with E-state index in [1.165, 1.54) is 0 Å². The Kier molecular flexibility index (Phi) is 5.63. The molecule has 0 aliphatic carbocycles. The quantitative estimate of drug-likeness (QED) is 0.690. The predicted octanol–water partition coefficient (Wildman–Crippen LogP) is 2.47. The van der Waals surface area contributed by atoms with Crippen LogP contribution in [0.1, 0.15) is 29.9 Å². The monoisotopic (exact) mass is 379 g/mol. The molecule has 2 amide bonds. The smallest absolute Gasteiger partial charge is 0.272 e. The molecule has 7 nitrogen and oxygen atoms in total. The van der Waals surface area contributed by atoms with E-state index in [0.29, 0.717) is 5.69 Å². The van der Waals surface area contributed by atoms with E-state index < -0.39 is 6.04 Å². The van der Waals surface area contributed by atoms with Crippen LogP contribution >= 0.6 is 0 Å². The number of carbonyl (C=O) groups is 2. The predicted molar refractivity (Wildman–Crippen MR) is 108 cm³/mol. The first-order chi connectivity index (χ1) is 13.4. The molecule has 2 heterocycles. The van der Waals surface area contributed by atoms with Gasteiger partial charge in [0.1, 0.15) is 11.9 Å². The Morgan fingerprint density at radius 2 is 1.68 bits per heavy atom. The summed E-state index contributed by atoms with van der Waals surface area (Å²) in [6, 6.07) is 12.8. The van der Waals surface area contributed by atoms with Crippen molar-refractivity contribution in [3.63, 3.8) is 0 Å². The number of aromatic nitrogens is 3. The fourth-order valence-electron chi connectivity index (χ4n) is 3.13. The largest absolute Gasteiger partial charge is 0.357 e. The van der Waals surface area contributed by atoms with Crippen molar-refractivity contribution < 1.29 is 9.59 Å². The summed E-state index contributed by atoms with van der Waals surface area (Å²) in [5.74, 6) is 0.128. The van der Waals surface area contributed by atoms with Crippen LogP contribution in [0.2, 0.25) is 0 Å². The van der Waals surface area contributed by atoms with Gasteiger partial charge in [0.05, 0.1) is 5.69 Å². The fourth-order valence-corrected chi connectivity index (χ4v) is 3.13. The summed E-state index contributed by atoms with van der Waals surface area (Å²) in [5.41, 5.74) is 1.87. The molecule has 0 aliphatic rings. The van der Waals surface area contributed by atoms with Crippen molar-refractivity contribution in [2.45, 2.75) is 26.8 Å². The first-order valence-electron chi connectivity index (χ1n) is 9.25. The van der Waals surface area contributed by atoms with Crippen LogP contribution in [0.15, 0.2) is 54.9 Å². The van der Waals surface area contributed by atoms with Gasteiger partial charge in [-0.25, -0.2) is 4.68 Å². The number of carbonyl (C=O) groups excluding carboxylic acids is 2. The molecule has 0 radical (unpaired) electrons. The van der Waals surface area contributed by atoms with Gasteiger partial charge in [0.25, 0.3) is 5.91 Å². The number of hydrogen-bond donors (Lipinski definition) is 2. The summed E-state index contributed by atoms with van der Waals surface area (Å²) in [7, 11) is 1.56. The molecule has 2 aromatic heterocycles. The van der Waals surface area contributed by atoms with Crippen LogP contribution in [0.5, 0.6) is 0 Å². The molecule has 3 aromatic rings. The number of nitrogens with one attached hydrogen (secondary N) is 2. The second-order valence-corrected chi connectivity index (χ2v) is 6.94. The normalized spacial score (nSPS) is 12.0. The van der Waals surface area contributed by atoms with Crippen molar-refractivity contribution in [2.75, 3.05) is 7.05 Å². The highest BCUT2D eigenvalue weighted by Gasteiger charge is 2.27. The number of hydrogen-bond acceptors (Lipinski definition) is 3. The number of rotatable bonds is 6. The molecule has 28 heavy (non-hydrogen) atoms. The average Bonchev–Trinajstić information content (AvgIpc) is 3.33. The number of para-hydroxylation sites is 1. The third-order valence-corrected chi connectivity index (χ3v) is 4.64. The van der Waals surface area contributed by atoms with Crippen LogP contribution in [-0.2, 0) is 4.79 Å². The maximum absolute atomic E-state index is 13.0. The summed E-state index contributed by atoms with van der Waals surface area (Å²) in [4.78, 5) is 25.1. The van der Waals surface area contributed by atoms with Crippen molar-refractivity contribution >= 4 is 11.8 Å². The fraction of sp³-hybridized carbons (Fsp3) is 0.286. The van der Waals surface area contributed by atoms with Crippen molar-refractivity contribution in [1.29, 1.82) is 0 Å². The third kappa shape index (κ3) is 3.69. The molecule has 0 fully saturated rings. The van der Waals surface area contributed by atoms with Gasteiger partial charge in [-0.3, -0.25) is 9.59 Å². The number of benzene rings is 1. The molecular weight excluding hydrogens is 354 g/mol. The topological polar surface area (TPSA) is 81.0 Å². The van der Waals surface area contributed by atoms with Crippen molar-refractivity contribution in [2.24, 2.45) is 5.92 Å². The van der Waals surface area contributed by atoms with Crippen LogP contribution in [0.4, 0.5) is 0 Å². The molecule has 0 saturated carbocycles. The van der Waals surface area contributed by atoms with Crippen LogP contribution in [-0.4, -0.2) is 39.3 Å². The first kappa shape index (κ1) is 19.4. The van der Waals surface area contributed by atoms with Crippen molar-refractivity contribution in [1.82, 2.24) is 25.0 Å². The summed E-state index contributed by atoms with van der Waals surface area (Å²) in [6.45, 7) is 5.64. The summed E-state index contributed by atoms with van der Waals surface area (Å²) < 4.78 is 3.67. The van der Waals surface area contributed by atoms with Gasteiger partial charge in [-0.15, -0.1) is 0 Å². The minimum atomic E-state index is -0.631. The molecule has 2 N–H and O–H groups in total. The van der Waals surface area contributed by atoms with E-state index in [0.717, 1.165) is 17.1 Å².